The van der Waals surface area contributed by atoms with Crippen LogP contribution in [0.25, 0.3) is 0 Å². The molecule has 194 valence electrons. The van der Waals surface area contributed by atoms with Gasteiger partial charge in [0.1, 0.15) is 0 Å². The molecule has 1 aliphatic heterocycles. The summed E-state index contributed by atoms with van der Waals surface area (Å²) in [7, 11) is 1.99. The predicted octanol–water partition coefficient (Wildman–Crippen LogP) is 1.49. The Morgan fingerprint density at radius 1 is 0.946 bits per heavy atom. The monoisotopic (exact) mass is 525 g/mol. The molecule has 10 nitrogen and oxygen atoms in total. The van der Waals surface area contributed by atoms with Crippen molar-refractivity contribution in [2.45, 2.75) is 24.3 Å². The lowest BCUT2D eigenvalue weighted by Crippen LogP contribution is -2.52. The maximum atomic E-state index is 12.8. The summed E-state index contributed by atoms with van der Waals surface area (Å²) in [6.07, 6.45) is -4.53. The number of carboxylic acids is 2. The number of aliphatic hydroxyl groups excluding tert-OH is 2. The van der Waals surface area contributed by atoms with Crippen molar-refractivity contribution in [1.29, 1.82) is 0 Å². The van der Waals surface area contributed by atoms with Crippen molar-refractivity contribution in [2.75, 3.05) is 18.5 Å². The standard InChI is InChI=1S/C22H21N3OS.C4H6O6/c1-25-17-11-6-5-10-16(17)21(15-8-3-2-4-9-15)24-14-18(25)20(23)22(26)19-12-7-13-27-19;5-1(3(7)8)2(6)4(9)10/h2-13,18,20H,14,23H2,1H3;1-2,5-6H,(H,7,8)(H,9,10). The summed E-state index contributed by atoms with van der Waals surface area (Å²) in [5.74, 6) is -3.57. The summed E-state index contributed by atoms with van der Waals surface area (Å²) in [4.78, 5) is 40.1. The van der Waals surface area contributed by atoms with E-state index in [4.69, 9.17) is 31.2 Å². The molecule has 6 N–H and O–H groups in total. The molecule has 0 fully saturated rings. The highest BCUT2D eigenvalue weighted by Gasteiger charge is 2.33. The first-order valence-electron chi connectivity index (χ1n) is 11.2. The third-order valence-corrected chi connectivity index (χ3v) is 6.69. The van der Waals surface area contributed by atoms with Gasteiger partial charge >= 0.3 is 11.9 Å². The SMILES string of the molecule is CN1c2ccccc2C(c2ccccc2)=NCC1C(N)C(=O)c1cccs1.O=C(O)C(O)C(O)C(=O)O. The van der Waals surface area contributed by atoms with Crippen LogP contribution < -0.4 is 10.6 Å². The normalized spacial score (nSPS) is 17.1. The van der Waals surface area contributed by atoms with Crippen molar-refractivity contribution in [1.82, 2.24) is 0 Å². The third-order valence-electron chi connectivity index (χ3n) is 5.81. The zero-order valence-corrected chi connectivity index (χ0v) is 20.7. The number of aliphatic carboxylic acids is 2. The molecule has 11 heteroatoms. The zero-order valence-electron chi connectivity index (χ0n) is 19.8. The second-order valence-electron chi connectivity index (χ2n) is 8.18. The molecule has 2 aromatic carbocycles. The number of nitrogens with two attached hydrogens (primary N) is 1. The largest absolute Gasteiger partial charge is 0.479 e. The summed E-state index contributed by atoms with van der Waals surface area (Å²) >= 11 is 1.43. The van der Waals surface area contributed by atoms with Crippen LogP contribution in [0.15, 0.2) is 77.1 Å². The average molecular weight is 526 g/mol. The molecule has 3 aromatic rings. The first kappa shape index (κ1) is 27.7. The van der Waals surface area contributed by atoms with Crippen LogP contribution in [-0.2, 0) is 9.59 Å². The van der Waals surface area contributed by atoms with E-state index in [0.29, 0.717) is 11.4 Å². The molecule has 4 atom stereocenters. The topological polar surface area (TPSA) is 174 Å². The lowest BCUT2D eigenvalue weighted by atomic mass is 9.99. The lowest BCUT2D eigenvalue weighted by Gasteiger charge is -2.32. The summed E-state index contributed by atoms with van der Waals surface area (Å²) in [5.41, 5.74) is 10.5. The molecule has 4 rings (SSSR count). The maximum absolute atomic E-state index is 12.8. The number of Topliss-reactive ketones (excluding diaryl/α,β-unsaturated/α-hetero) is 1. The highest BCUT2D eigenvalue weighted by atomic mass is 32.1. The molecule has 37 heavy (non-hydrogen) atoms. The number of benzodiazepines with no additional fused rings is 1. The number of carboxylic acid groups (broad SMARTS) is 2. The van der Waals surface area contributed by atoms with E-state index < -0.39 is 30.2 Å². The molecule has 0 radical (unpaired) electrons. The van der Waals surface area contributed by atoms with E-state index in [1.54, 1.807) is 0 Å². The number of carbonyl (C=O) groups excluding carboxylic acids is 1. The molecular weight excluding hydrogens is 498 g/mol. The van der Waals surface area contributed by atoms with Crippen LogP contribution in [0.1, 0.15) is 20.8 Å². The average Bonchev–Trinajstić information content (AvgIpc) is 3.40. The number of rotatable bonds is 7. The van der Waals surface area contributed by atoms with Crippen LogP contribution in [0.4, 0.5) is 5.69 Å². The Bertz CT molecular complexity index is 1250. The van der Waals surface area contributed by atoms with E-state index in [2.05, 4.69) is 29.2 Å². The van der Waals surface area contributed by atoms with Crippen LogP contribution in [0.3, 0.4) is 0 Å². The number of benzene rings is 2. The number of hydrogen-bond acceptors (Lipinski definition) is 9. The van der Waals surface area contributed by atoms with E-state index in [-0.39, 0.29) is 11.8 Å². The fraction of sp³-hybridized carbons (Fsp3) is 0.231. The van der Waals surface area contributed by atoms with Crippen LogP contribution in [-0.4, -0.2) is 81.7 Å². The summed E-state index contributed by atoms with van der Waals surface area (Å²) in [6.45, 7) is 0.466. The van der Waals surface area contributed by atoms with Crippen LogP contribution >= 0.6 is 11.3 Å². The molecular formula is C26H27N3O7S. The van der Waals surface area contributed by atoms with Gasteiger partial charge in [0.2, 0.25) is 0 Å². The molecule has 1 aliphatic rings. The van der Waals surface area contributed by atoms with Crippen molar-refractivity contribution in [3.8, 4) is 0 Å². The quantitative estimate of drug-likeness (QED) is 0.286. The van der Waals surface area contributed by atoms with Gasteiger partial charge in [0.15, 0.2) is 18.0 Å². The minimum Gasteiger partial charge on any atom is -0.479 e. The molecule has 4 unspecified atom stereocenters. The van der Waals surface area contributed by atoms with Gasteiger partial charge in [0.25, 0.3) is 0 Å². The molecule has 2 heterocycles. The minimum atomic E-state index is -2.27. The smallest absolute Gasteiger partial charge is 0.335 e. The van der Waals surface area contributed by atoms with Gasteiger partial charge in [-0.3, -0.25) is 9.79 Å². The molecule has 0 bridgehead atoms. The van der Waals surface area contributed by atoms with Crippen LogP contribution in [0.5, 0.6) is 0 Å². The Labute approximate surface area is 216 Å². The van der Waals surface area contributed by atoms with Crippen molar-refractivity contribution >= 4 is 40.5 Å². The zero-order chi connectivity index (χ0) is 27.1. The fourth-order valence-electron chi connectivity index (χ4n) is 3.78. The number of para-hydroxylation sites is 1. The Morgan fingerprint density at radius 2 is 1.54 bits per heavy atom. The minimum absolute atomic E-state index is 0.0299. The van der Waals surface area contributed by atoms with Gasteiger partial charge in [-0.2, -0.15) is 0 Å². The number of thiophene rings is 1. The number of fused-ring (bicyclic) bond motifs is 1. The highest BCUT2D eigenvalue weighted by molar-refractivity contribution is 7.12. The number of aliphatic imine (C=N–C) groups is 1. The lowest BCUT2D eigenvalue weighted by molar-refractivity contribution is -0.165. The van der Waals surface area contributed by atoms with Gasteiger partial charge in [-0.25, -0.2) is 9.59 Å². The van der Waals surface area contributed by atoms with Gasteiger partial charge in [-0.1, -0.05) is 54.6 Å². The highest BCUT2D eigenvalue weighted by Crippen LogP contribution is 2.29. The summed E-state index contributed by atoms with van der Waals surface area (Å²) in [5, 5.41) is 34.4. The molecule has 0 saturated carbocycles. The first-order valence-corrected chi connectivity index (χ1v) is 12.1. The van der Waals surface area contributed by atoms with Gasteiger partial charge in [0.05, 0.1) is 29.2 Å². The van der Waals surface area contributed by atoms with Gasteiger partial charge in [-0.15, -0.1) is 11.3 Å². The second kappa shape index (κ2) is 12.4. The summed E-state index contributed by atoms with van der Waals surface area (Å²) < 4.78 is 0. The number of aliphatic hydroxyl groups is 2. The van der Waals surface area contributed by atoms with Gasteiger partial charge in [-0.05, 0) is 17.5 Å². The Hall–Kier alpha value is -3.90. The van der Waals surface area contributed by atoms with Crippen LogP contribution in [0.2, 0.25) is 0 Å². The van der Waals surface area contributed by atoms with E-state index in [1.807, 2.05) is 54.9 Å². The number of anilines is 1. The second-order valence-corrected chi connectivity index (χ2v) is 9.13. The van der Waals surface area contributed by atoms with Crippen molar-refractivity contribution < 1.29 is 34.8 Å². The molecule has 1 aromatic heterocycles. The van der Waals surface area contributed by atoms with E-state index in [1.165, 1.54) is 11.3 Å². The Balaban J connectivity index is 0.000000325. The fourth-order valence-corrected chi connectivity index (χ4v) is 4.49. The Morgan fingerprint density at radius 3 is 2.11 bits per heavy atom. The number of nitrogens with zero attached hydrogens (tertiary/aromatic N) is 2. The van der Waals surface area contributed by atoms with Crippen molar-refractivity contribution in [2.24, 2.45) is 10.7 Å². The van der Waals surface area contributed by atoms with E-state index in [9.17, 15) is 14.4 Å². The van der Waals surface area contributed by atoms with Gasteiger partial charge in [0, 0.05) is 23.9 Å². The molecule has 0 aliphatic carbocycles. The first-order chi connectivity index (χ1) is 17.6. The summed E-state index contributed by atoms with van der Waals surface area (Å²) in [6, 6.07) is 21.2. The number of hydrogen-bond donors (Lipinski definition) is 5. The van der Waals surface area contributed by atoms with E-state index in [0.717, 1.165) is 22.5 Å². The number of ketones is 1. The molecule has 0 spiro atoms. The number of likely N-dealkylation sites (N-methyl/N-ethyl adjacent to an activating group) is 1. The maximum Gasteiger partial charge on any atom is 0.335 e. The van der Waals surface area contributed by atoms with Gasteiger partial charge < -0.3 is 31.1 Å². The number of carbonyl (C=O) groups is 3. The molecule has 0 amide bonds. The van der Waals surface area contributed by atoms with E-state index >= 15 is 0 Å². The third kappa shape index (κ3) is 6.46. The van der Waals surface area contributed by atoms with Crippen molar-refractivity contribution in [3.05, 3.63) is 88.1 Å². The Kier molecular flexibility index (Phi) is 9.25. The van der Waals surface area contributed by atoms with Crippen LogP contribution in [0, 0.1) is 0 Å². The molecule has 0 saturated heterocycles. The predicted molar refractivity (Wildman–Crippen MR) is 139 cm³/mol. The van der Waals surface area contributed by atoms with Crippen molar-refractivity contribution in [3.63, 3.8) is 0 Å².